The van der Waals surface area contributed by atoms with Crippen LogP contribution in [0.1, 0.15) is 28.1 Å². The molecular formula is C23H23N3O4S. The van der Waals surface area contributed by atoms with Crippen molar-refractivity contribution in [3.05, 3.63) is 88.8 Å². The van der Waals surface area contributed by atoms with E-state index < -0.39 is 18.5 Å². The van der Waals surface area contributed by atoms with E-state index in [4.69, 9.17) is 9.26 Å². The second kappa shape index (κ2) is 11.1. The SMILES string of the molecule is Cc1noc(C)c1CSCC(=O)OCC(=O)NN=C(c1ccccc1)c1ccccc1. The molecule has 0 aliphatic heterocycles. The Morgan fingerprint density at radius 3 is 2.19 bits per heavy atom. The second-order valence-corrected chi connectivity index (χ2v) is 7.67. The fourth-order valence-corrected chi connectivity index (χ4v) is 3.74. The van der Waals surface area contributed by atoms with Crippen LogP contribution in [0.3, 0.4) is 0 Å². The van der Waals surface area contributed by atoms with E-state index in [0.29, 0.717) is 11.5 Å². The highest BCUT2D eigenvalue weighted by atomic mass is 32.2. The standard InChI is InChI=1S/C23H23N3O4S/c1-16-20(17(2)30-26-16)14-31-15-22(28)29-13-21(27)24-25-23(18-9-5-3-6-10-18)19-11-7-4-8-12-19/h3-12H,13-15H2,1-2H3,(H,24,27). The Hall–Kier alpha value is -3.39. The zero-order chi connectivity index (χ0) is 22.1. The first kappa shape index (κ1) is 22.3. The van der Waals surface area contributed by atoms with Gasteiger partial charge in [-0.1, -0.05) is 65.8 Å². The lowest BCUT2D eigenvalue weighted by atomic mass is 10.0. The van der Waals surface area contributed by atoms with Gasteiger partial charge in [-0.2, -0.15) is 5.10 Å². The molecule has 0 saturated heterocycles. The van der Waals surface area contributed by atoms with Crippen LogP contribution >= 0.6 is 11.8 Å². The van der Waals surface area contributed by atoms with Crippen LogP contribution in [0.2, 0.25) is 0 Å². The van der Waals surface area contributed by atoms with E-state index in [2.05, 4.69) is 15.7 Å². The van der Waals surface area contributed by atoms with E-state index in [1.807, 2.05) is 74.5 Å². The van der Waals surface area contributed by atoms with Crippen molar-refractivity contribution >= 4 is 29.4 Å². The molecule has 0 aliphatic rings. The fourth-order valence-electron chi connectivity index (χ4n) is 2.77. The van der Waals surface area contributed by atoms with Gasteiger partial charge in [0, 0.05) is 22.4 Å². The Kier molecular flexibility index (Phi) is 8.00. The number of hydrazone groups is 1. The molecule has 0 saturated carbocycles. The Morgan fingerprint density at radius 2 is 1.65 bits per heavy atom. The van der Waals surface area contributed by atoms with Crippen molar-refractivity contribution in [1.29, 1.82) is 0 Å². The summed E-state index contributed by atoms with van der Waals surface area (Å²) in [5.74, 6) is 0.475. The van der Waals surface area contributed by atoms with E-state index in [0.717, 1.165) is 28.1 Å². The third kappa shape index (κ3) is 6.55. The quantitative estimate of drug-likeness (QED) is 0.312. The smallest absolute Gasteiger partial charge is 0.316 e. The molecule has 31 heavy (non-hydrogen) atoms. The molecular weight excluding hydrogens is 414 g/mol. The number of hydrogen-bond acceptors (Lipinski definition) is 7. The van der Waals surface area contributed by atoms with Crippen molar-refractivity contribution in [2.45, 2.75) is 19.6 Å². The molecule has 0 bridgehead atoms. The molecule has 3 aromatic rings. The minimum absolute atomic E-state index is 0.125. The number of amides is 1. The number of esters is 1. The van der Waals surface area contributed by atoms with Gasteiger partial charge in [-0.15, -0.1) is 11.8 Å². The number of aromatic nitrogens is 1. The number of nitrogens with zero attached hydrogens (tertiary/aromatic N) is 2. The summed E-state index contributed by atoms with van der Waals surface area (Å²) in [5, 5.41) is 8.14. The first-order valence-corrected chi connectivity index (χ1v) is 10.8. The molecule has 3 rings (SSSR count). The van der Waals surface area contributed by atoms with Gasteiger partial charge in [0.05, 0.1) is 17.2 Å². The van der Waals surface area contributed by atoms with Crippen molar-refractivity contribution in [2.75, 3.05) is 12.4 Å². The highest BCUT2D eigenvalue weighted by Gasteiger charge is 2.12. The number of carbonyl (C=O) groups is 2. The fraction of sp³-hybridized carbons (Fsp3) is 0.217. The molecule has 0 radical (unpaired) electrons. The van der Waals surface area contributed by atoms with Gasteiger partial charge < -0.3 is 9.26 Å². The van der Waals surface area contributed by atoms with E-state index >= 15 is 0 Å². The van der Waals surface area contributed by atoms with Crippen molar-refractivity contribution in [3.8, 4) is 0 Å². The molecule has 2 aromatic carbocycles. The summed E-state index contributed by atoms with van der Waals surface area (Å²) in [4.78, 5) is 24.1. The predicted molar refractivity (Wildman–Crippen MR) is 120 cm³/mol. The maximum atomic E-state index is 12.1. The number of thioether (sulfide) groups is 1. The average Bonchev–Trinajstić information content (AvgIpc) is 3.11. The lowest BCUT2D eigenvalue weighted by Crippen LogP contribution is -2.26. The molecule has 0 fully saturated rings. The van der Waals surface area contributed by atoms with E-state index in [1.165, 1.54) is 11.8 Å². The van der Waals surface area contributed by atoms with Gasteiger partial charge in [-0.3, -0.25) is 9.59 Å². The third-order valence-electron chi connectivity index (χ3n) is 4.40. The molecule has 8 heteroatoms. The van der Waals surface area contributed by atoms with E-state index in [-0.39, 0.29) is 5.75 Å². The normalized spacial score (nSPS) is 10.4. The Bertz CT molecular complexity index is 988. The largest absolute Gasteiger partial charge is 0.455 e. The maximum Gasteiger partial charge on any atom is 0.316 e. The minimum atomic E-state index is -0.506. The first-order chi connectivity index (χ1) is 15.0. The zero-order valence-electron chi connectivity index (χ0n) is 17.3. The molecule has 1 N–H and O–H groups in total. The van der Waals surface area contributed by atoms with Gasteiger partial charge in [0.25, 0.3) is 5.91 Å². The summed E-state index contributed by atoms with van der Waals surface area (Å²) in [6.07, 6.45) is 0. The number of aryl methyl sites for hydroxylation is 2. The van der Waals surface area contributed by atoms with Gasteiger partial charge >= 0.3 is 5.97 Å². The zero-order valence-corrected chi connectivity index (χ0v) is 18.1. The highest BCUT2D eigenvalue weighted by Crippen LogP contribution is 2.19. The molecule has 160 valence electrons. The van der Waals surface area contributed by atoms with Crippen LogP contribution < -0.4 is 5.43 Å². The molecule has 0 spiro atoms. The van der Waals surface area contributed by atoms with E-state index in [9.17, 15) is 9.59 Å². The summed E-state index contributed by atoms with van der Waals surface area (Å²) in [6, 6.07) is 19.1. The number of ether oxygens (including phenoxy) is 1. The summed E-state index contributed by atoms with van der Waals surface area (Å²) < 4.78 is 10.1. The van der Waals surface area contributed by atoms with Crippen molar-refractivity contribution < 1.29 is 18.8 Å². The second-order valence-electron chi connectivity index (χ2n) is 6.68. The number of benzene rings is 2. The summed E-state index contributed by atoms with van der Waals surface area (Å²) >= 11 is 1.38. The topological polar surface area (TPSA) is 93.8 Å². The van der Waals surface area contributed by atoms with Crippen molar-refractivity contribution in [3.63, 3.8) is 0 Å². The monoisotopic (exact) mass is 437 g/mol. The van der Waals surface area contributed by atoms with Gasteiger partial charge in [-0.25, -0.2) is 5.43 Å². The summed E-state index contributed by atoms with van der Waals surface area (Å²) in [6.45, 7) is 3.29. The lowest BCUT2D eigenvalue weighted by molar-refractivity contribution is -0.145. The molecule has 0 unspecified atom stereocenters. The molecule has 7 nitrogen and oxygen atoms in total. The van der Waals surface area contributed by atoms with Gasteiger partial charge in [0.1, 0.15) is 5.76 Å². The molecule has 1 heterocycles. The van der Waals surface area contributed by atoms with Crippen molar-refractivity contribution in [1.82, 2.24) is 10.6 Å². The van der Waals surface area contributed by atoms with Crippen LogP contribution in [-0.2, 0) is 20.1 Å². The molecule has 1 aromatic heterocycles. The Balaban J connectivity index is 1.50. The van der Waals surface area contributed by atoms with E-state index in [1.54, 1.807) is 0 Å². The molecule has 0 aliphatic carbocycles. The van der Waals surface area contributed by atoms with Crippen LogP contribution in [0.4, 0.5) is 0 Å². The highest BCUT2D eigenvalue weighted by molar-refractivity contribution is 7.99. The van der Waals surface area contributed by atoms with Crippen LogP contribution in [-0.4, -0.2) is 35.1 Å². The van der Waals surface area contributed by atoms with Crippen LogP contribution in [0.15, 0.2) is 70.3 Å². The first-order valence-electron chi connectivity index (χ1n) is 9.67. The van der Waals surface area contributed by atoms with Crippen LogP contribution in [0.25, 0.3) is 0 Å². The number of carbonyl (C=O) groups excluding carboxylic acids is 2. The third-order valence-corrected chi connectivity index (χ3v) is 5.33. The van der Waals surface area contributed by atoms with Gasteiger partial charge in [0.2, 0.25) is 0 Å². The average molecular weight is 438 g/mol. The van der Waals surface area contributed by atoms with Crippen LogP contribution in [0, 0.1) is 13.8 Å². The van der Waals surface area contributed by atoms with Gasteiger partial charge in [-0.05, 0) is 13.8 Å². The lowest BCUT2D eigenvalue weighted by Gasteiger charge is -2.08. The number of hydrogen-bond donors (Lipinski definition) is 1. The molecule has 0 atom stereocenters. The Labute approximate surface area is 184 Å². The summed E-state index contributed by atoms with van der Waals surface area (Å²) in [7, 11) is 0. The minimum Gasteiger partial charge on any atom is -0.455 e. The number of nitrogens with one attached hydrogen (secondary N) is 1. The number of rotatable bonds is 9. The summed E-state index contributed by atoms with van der Waals surface area (Å²) in [5.41, 5.74) is 6.60. The Morgan fingerprint density at radius 1 is 1.03 bits per heavy atom. The molecule has 1 amide bonds. The predicted octanol–water partition coefficient (Wildman–Crippen LogP) is 3.64. The maximum absolute atomic E-state index is 12.1. The van der Waals surface area contributed by atoms with Gasteiger partial charge in [0.15, 0.2) is 6.61 Å². The van der Waals surface area contributed by atoms with Crippen molar-refractivity contribution in [2.24, 2.45) is 5.10 Å². The van der Waals surface area contributed by atoms with Crippen LogP contribution in [0.5, 0.6) is 0 Å².